The number of nitrogens with one attached hydrogen (secondary N) is 1. The third kappa shape index (κ3) is 5.03. The van der Waals surface area contributed by atoms with Crippen LogP contribution in [0.5, 0.6) is 0 Å². The van der Waals surface area contributed by atoms with Crippen molar-refractivity contribution in [2.75, 3.05) is 13.1 Å². The van der Waals surface area contributed by atoms with Crippen LogP contribution in [0, 0.1) is 5.82 Å². The van der Waals surface area contributed by atoms with Crippen LogP contribution in [0.2, 0.25) is 0 Å². The first-order valence-electron chi connectivity index (χ1n) is 10.4. The number of benzene rings is 3. The van der Waals surface area contributed by atoms with Crippen molar-refractivity contribution in [1.82, 2.24) is 10.2 Å². The van der Waals surface area contributed by atoms with Gasteiger partial charge in [0.1, 0.15) is 5.82 Å². The molecule has 30 heavy (non-hydrogen) atoms. The van der Waals surface area contributed by atoms with Crippen molar-refractivity contribution >= 4 is 22.6 Å². The molecule has 0 radical (unpaired) electrons. The summed E-state index contributed by atoms with van der Waals surface area (Å²) < 4.78 is 13.4. The average molecular weight is 404 g/mol. The Morgan fingerprint density at radius 2 is 1.67 bits per heavy atom. The summed E-state index contributed by atoms with van der Waals surface area (Å²) in [7, 11) is 0. The molecule has 0 bridgehead atoms. The van der Waals surface area contributed by atoms with E-state index in [-0.39, 0.29) is 11.9 Å². The molecule has 0 aromatic heterocycles. The molecule has 3 aromatic carbocycles. The zero-order valence-corrected chi connectivity index (χ0v) is 16.8. The lowest BCUT2D eigenvalue weighted by molar-refractivity contribution is -0.146. The lowest BCUT2D eigenvalue weighted by atomic mass is 10.1. The second kappa shape index (κ2) is 9.08. The van der Waals surface area contributed by atoms with Crippen molar-refractivity contribution in [3.8, 4) is 0 Å². The summed E-state index contributed by atoms with van der Waals surface area (Å²) in [4.78, 5) is 26.7. The molecular formula is C25H25FN2O2. The van der Waals surface area contributed by atoms with Gasteiger partial charge >= 0.3 is 11.8 Å². The van der Waals surface area contributed by atoms with Crippen LogP contribution >= 0.6 is 0 Å². The molecule has 0 atom stereocenters. The number of hydrogen-bond acceptors (Lipinski definition) is 2. The number of amides is 2. The van der Waals surface area contributed by atoms with E-state index in [9.17, 15) is 14.0 Å². The molecule has 0 heterocycles. The molecule has 1 aliphatic rings. The zero-order chi connectivity index (χ0) is 20.9. The van der Waals surface area contributed by atoms with E-state index >= 15 is 0 Å². The topological polar surface area (TPSA) is 49.4 Å². The molecule has 1 N–H and O–H groups in total. The highest BCUT2D eigenvalue weighted by molar-refractivity contribution is 6.35. The van der Waals surface area contributed by atoms with Gasteiger partial charge in [0.15, 0.2) is 0 Å². The number of fused-ring (bicyclic) bond motifs is 1. The Labute approximate surface area is 175 Å². The molecular weight excluding hydrogens is 379 g/mol. The van der Waals surface area contributed by atoms with E-state index in [2.05, 4.69) is 29.6 Å². The molecule has 5 heteroatoms. The van der Waals surface area contributed by atoms with E-state index in [0.29, 0.717) is 25.9 Å². The lowest BCUT2D eigenvalue weighted by Crippen LogP contribution is -2.45. The van der Waals surface area contributed by atoms with Gasteiger partial charge in [0.05, 0.1) is 0 Å². The van der Waals surface area contributed by atoms with E-state index < -0.39 is 11.8 Å². The maximum atomic E-state index is 13.4. The fourth-order valence-corrected chi connectivity index (χ4v) is 3.70. The minimum atomic E-state index is -0.568. The van der Waals surface area contributed by atoms with Crippen LogP contribution in [0.15, 0.2) is 66.7 Å². The summed E-state index contributed by atoms with van der Waals surface area (Å²) in [6, 6.07) is 20.9. The minimum absolute atomic E-state index is 0.122. The van der Waals surface area contributed by atoms with E-state index in [0.717, 1.165) is 29.4 Å². The Balaban J connectivity index is 1.30. The molecule has 4 rings (SSSR count). The highest BCUT2D eigenvalue weighted by atomic mass is 19.1. The van der Waals surface area contributed by atoms with E-state index in [1.165, 1.54) is 17.5 Å². The predicted octanol–water partition coefficient (Wildman–Crippen LogP) is 3.87. The van der Waals surface area contributed by atoms with E-state index in [4.69, 9.17) is 0 Å². The average Bonchev–Trinajstić information content (AvgIpc) is 3.59. The maximum Gasteiger partial charge on any atom is 0.312 e. The first-order valence-corrected chi connectivity index (χ1v) is 10.4. The van der Waals surface area contributed by atoms with E-state index in [1.54, 1.807) is 11.0 Å². The smallest absolute Gasteiger partial charge is 0.312 e. The number of rotatable bonds is 7. The van der Waals surface area contributed by atoms with Crippen LogP contribution in [-0.2, 0) is 22.4 Å². The van der Waals surface area contributed by atoms with Gasteiger partial charge in [-0.25, -0.2) is 4.39 Å². The molecule has 0 unspecified atom stereocenters. The summed E-state index contributed by atoms with van der Waals surface area (Å²) in [6.45, 7) is 0.830. The molecule has 0 aliphatic heterocycles. The highest BCUT2D eigenvalue weighted by Crippen LogP contribution is 2.27. The van der Waals surface area contributed by atoms with Crippen LogP contribution in [0.4, 0.5) is 4.39 Å². The molecule has 1 aliphatic carbocycles. The second-order valence-corrected chi connectivity index (χ2v) is 7.80. The van der Waals surface area contributed by atoms with Gasteiger partial charge in [-0.1, -0.05) is 54.6 Å². The Morgan fingerprint density at radius 1 is 0.900 bits per heavy atom. The fourth-order valence-electron chi connectivity index (χ4n) is 3.70. The number of carbonyl (C=O) groups is 2. The van der Waals surface area contributed by atoms with Gasteiger partial charge in [0.25, 0.3) is 0 Å². The van der Waals surface area contributed by atoms with Crippen molar-refractivity contribution in [2.45, 2.75) is 31.7 Å². The van der Waals surface area contributed by atoms with Crippen LogP contribution in [0.3, 0.4) is 0 Å². The largest absolute Gasteiger partial charge is 0.347 e. The zero-order valence-electron chi connectivity index (χ0n) is 16.8. The third-order valence-electron chi connectivity index (χ3n) is 5.49. The minimum Gasteiger partial charge on any atom is -0.347 e. The normalized spacial score (nSPS) is 13.2. The molecule has 154 valence electrons. The fraction of sp³-hybridized carbons (Fsp3) is 0.280. The van der Waals surface area contributed by atoms with Gasteiger partial charge in [-0.05, 0) is 59.7 Å². The molecule has 1 saturated carbocycles. The Bertz CT molecular complexity index is 1060. The first kappa shape index (κ1) is 20.1. The molecule has 2 amide bonds. The van der Waals surface area contributed by atoms with Gasteiger partial charge in [0, 0.05) is 19.1 Å². The Morgan fingerprint density at radius 3 is 2.43 bits per heavy atom. The maximum absolute atomic E-state index is 13.4. The quantitative estimate of drug-likeness (QED) is 0.608. The van der Waals surface area contributed by atoms with Crippen molar-refractivity contribution in [3.63, 3.8) is 0 Å². The van der Waals surface area contributed by atoms with Crippen molar-refractivity contribution in [3.05, 3.63) is 83.7 Å². The van der Waals surface area contributed by atoms with Crippen molar-refractivity contribution in [2.24, 2.45) is 0 Å². The molecule has 4 nitrogen and oxygen atoms in total. The molecule has 0 spiro atoms. The Hall–Kier alpha value is -3.21. The van der Waals surface area contributed by atoms with Crippen LogP contribution in [-0.4, -0.2) is 35.8 Å². The summed E-state index contributed by atoms with van der Waals surface area (Å²) in [5.41, 5.74) is 1.94. The van der Waals surface area contributed by atoms with Gasteiger partial charge in [-0.3, -0.25) is 9.59 Å². The summed E-state index contributed by atoms with van der Waals surface area (Å²) in [5, 5.41) is 5.10. The standard InChI is InChI=1S/C25H25FN2O2/c26-22-7-3-4-18(17-22)13-15-28(23-10-11-23)25(30)24(29)27-14-12-19-8-9-20-5-1-2-6-21(20)16-19/h1-9,16-17,23H,10-15H2,(H,27,29). The Kier molecular flexibility index (Phi) is 6.07. The van der Waals surface area contributed by atoms with Crippen LogP contribution in [0.25, 0.3) is 10.8 Å². The summed E-state index contributed by atoms with van der Waals surface area (Å²) in [5.74, 6) is -1.35. The first-order chi connectivity index (χ1) is 14.6. The molecule has 1 fully saturated rings. The van der Waals surface area contributed by atoms with Gasteiger partial charge in [-0.2, -0.15) is 0 Å². The number of nitrogens with zero attached hydrogens (tertiary/aromatic N) is 1. The third-order valence-corrected chi connectivity index (χ3v) is 5.49. The molecule has 0 saturated heterocycles. The van der Waals surface area contributed by atoms with Crippen LogP contribution in [0.1, 0.15) is 24.0 Å². The lowest BCUT2D eigenvalue weighted by Gasteiger charge is -2.22. The number of hydrogen-bond donors (Lipinski definition) is 1. The van der Waals surface area contributed by atoms with Crippen molar-refractivity contribution in [1.29, 1.82) is 0 Å². The van der Waals surface area contributed by atoms with Crippen molar-refractivity contribution < 1.29 is 14.0 Å². The van der Waals surface area contributed by atoms with Crippen LogP contribution < -0.4 is 5.32 Å². The van der Waals surface area contributed by atoms with E-state index in [1.807, 2.05) is 24.3 Å². The predicted molar refractivity (Wildman–Crippen MR) is 116 cm³/mol. The van der Waals surface area contributed by atoms with Gasteiger partial charge in [0.2, 0.25) is 0 Å². The SMILES string of the molecule is O=C(NCCc1ccc2ccccc2c1)C(=O)N(CCc1cccc(F)c1)C1CC1. The monoisotopic (exact) mass is 404 g/mol. The highest BCUT2D eigenvalue weighted by Gasteiger charge is 2.35. The number of carbonyl (C=O) groups excluding carboxylic acids is 2. The summed E-state index contributed by atoms with van der Waals surface area (Å²) >= 11 is 0. The summed E-state index contributed by atoms with van der Waals surface area (Å²) in [6.07, 6.45) is 3.03. The van der Waals surface area contributed by atoms with Gasteiger partial charge < -0.3 is 10.2 Å². The second-order valence-electron chi connectivity index (χ2n) is 7.80. The molecule has 3 aromatic rings. The van der Waals surface area contributed by atoms with Gasteiger partial charge in [-0.15, -0.1) is 0 Å². The number of halogens is 1.